The molecule has 2 spiro atoms. The van der Waals surface area contributed by atoms with E-state index in [9.17, 15) is 14.7 Å². The van der Waals surface area contributed by atoms with Crippen LogP contribution in [0.4, 0.5) is 0 Å². The zero-order valence-corrected chi connectivity index (χ0v) is 18.6. The highest BCUT2D eigenvalue weighted by Gasteiger charge is 2.78. The molecular weight excluding hydrogens is 418 g/mol. The van der Waals surface area contributed by atoms with Crippen molar-refractivity contribution in [3.63, 3.8) is 0 Å². The van der Waals surface area contributed by atoms with Gasteiger partial charge in [0.1, 0.15) is 5.41 Å². The van der Waals surface area contributed by atoms with Crippen molar-refractivity contribution in [2.24, 2.45) is 5.41 Å². The Bertz CT molecular complexity index is 958. The summed E-state index contributed by atoms with van der Waals surface area (Å²) in [6.45, 7) is 3.04. The summed E-state index contributed by atoms with van der Waals surface area (Å²) in [5.41, 5.74) is -0.924. The summed E-state index contributed by atoms with van der Waals surface area (Å²) in [6, 6.07) is 3.74. The largest absolute Gasteiger partial charge is 0.493 e. The molecule has 1 N–H and O–H groups in total. The van der Waals surface area contributed by atoms with Gasteiger partial charge in [0.15, 0.2) is 23.4 Å². The first kappa shape index (κ1) is 21.5. The van der Waals surface area contributed by atoms with E-state index in [0.717, 1.165) is 11.1 Å². The maximum absolute atomic E-state index is 13.7. The van der Waals surface area contributed by atoms with Gasteiger partial charge in [0, 0.05) is 19.4 Å². The summed E-state index contributed by atoms with van der Waals surface area (Å²) in [6.07, 6.45) is -0.0797. The van der Waals surface area contributed by atoms with Crippen LogP contribution in [0.15, 0.2) is 12.1 Å². The minimum atomic E-state index is -1.57. The summed E-state index contributed by atoms with van der Waals surface area (Å²) in [5, 5.41) is 11.4. The number of methoxy groups -OCH3 is 2. The Morgan fingerprint density at radius 2 is 1.88 bits per heavy atom. The summed E-state index contributed by atoms with van der Waals surface area (Å²) in [7, 11) is 3.12. The maximum Gasteiger partial charge on any atom is 0.318 e. The average molecular weight is 447 g/mol. The lowest BCUT2D eigenvalue weighted by molar-refractivity contribution is -0.242. The van der Waals surface area contributed by atoms with E-state index < -0.39 is 34.7 Å². The van der Waals surface area contributed by atoms with Crippen LogP contribution in [0.1, 0.15) is 37.3 Å². The van der Waals surface area contributed by atoms with Crippen LogP contribution < -0.4 is 9.47 Å². The molecule has 2 saturated heterocycles. The van der Waals surface area contributed by atoms with E-state index in [1.807, 2.05) is 12.1 Å². The minimum Gasteiger partial charge on any atom is -0.493 e. The second-order valence-electron chi connectivity index (χ2n) is 8.84. The second-order valence-corrected chi connectivity index (χ2v) is 8.84. The lowest BCUT2D eigenvalue weighted by Crippen LogP contribution is -2.65. The standard InChI is InChI=1S/C23H29NO8/c1-4-30-20(27)22-13-21(31-9-10-32-21)6-7-23(22)15-12-17(29-3)16(28-2)11-14(15)5-8-24(23)19(26)18(22)25/h11-12,18,25H,4-10,13H2,1-3H3/t18-,22+,23-/m1/s1. The van der Waals surface area contributed by atoms with Crippen molar-refractivity contribution >= 4 is 11.9 Å². The third-order valence-electron chi connectivity index (χ3n) is 7.69. The van der Waals surface area contributed by atoms with Crippen LogP contribution in [0.2, 0.25) is 0 Å². The predicted octanol–water partition coefficient (Wildman–Crippen LogP) is 1.13. The van der Waals surface area contributed by atoms with Gasteiger partial charge in [-0.25, -0.2) is 0 Å². The number of fused-ring (bicyclic) bond motifs is 1. The predicted molar refractivity (Wildman–Crippen MR) is 110 cm³/mol. The highest BCUT2D eigenvalue weighted by molar-refractivity contribution is 5.97. The smallest absolute Gasteiger partial charge is 0.318 e. The number of ether oxygens (including phenoxy) is 5. The van der Waals surface area contributed by atoms with Gasteiger partial charge in [-0.15, -0.1) is 0 Å². The zero-order valence-electron chi connectivity index (χ0n) is 18.6. The second kappa shape index (κ2) is 7.33. The van der Waals surface area contributed by atoms with Crippen molar-refractivity contribution in [1.82, 2.24) is 4.90 Å². The molecule has 0 radical (unpaired) electrons. The highest BCUT2D eigenvalue weighted by Crippen LogP contribution is 2.66. The monoisotopic (exact) mass is 447 g/mol. The third kappa shape index (κ3) is 2.50. The van der Waals surface area contributed by atoms with Gasteiger partial charge in [-0.05, 0) is 43.0 Å². The van der Waals surface area contributed by atoms with Gasteiger partial charge >= 0.3 is 5.97 Å². The van der Waals surface area contributed by atoms with Crippen molar-refractivity contribution in [3.8, 4) is 11.5 Å². The summed E-state index contributed by atoms with van der Waals surface area (Å²) < 4.78 is 28.5. The number of aliphatic hydroxyl groups excluding tert-OH is 1. The Labute approximate surface area is 186 Å². The van der Waals surface area contributed by atoms with E-state index >= 15 is 0 Å². The fourth-order valence-electron chi connectivity index (χ4n) is 6.42. The van der Waals surface area contributed by atoms with Gasteiger partial charge in [0.25, 0.3) is 5.91 Å². The Morgan fingerprint density at radius 3 is 2.53 bits per heavy atom. The molecule has 3 fully saturated rings. The minimum absolute atomic E-state index is 0.0377. The third-order valence-corrected chi connectivity index (χ3v) is 7.69. The number of amides is 1. The van der Waals surface area contributed by atoms with Crippen LogP contribution in [-0.4, -0.2) is 74.4 Å². The number of benzene rings is 1. The Kier molecular flexibility index (Phi) is 4.92. The number of rotatable bonds is 4. The van der Waals surface area contributed by atoms with Crippen LogP contribution in [0.3, 0.4) is 0 Å². The number of esters is 1. The molecular formula is C23H29NO8. The molecule has 1 amide bonds. The molecule has 4 aliphatic rings. The van der Waals surface area contributed by atoms with Gasteiger partial charge in [0.2, 0.25) is 0 Å². The van der Waals surface area contributed by atoms with Crippen molar-refractivity contribution in [3.05, 3.63) is 23.3 Å². The molecule has 1 aromatic rings. The van der Waals surface area contributed by atoms with Crippen LogP contribution in [-0.2, 0) is 35.8 Å². The fraction of sp³-hybridized carbons (Fsp3) is 0.652. The molecule has 0 aromatic heterocycles. The van der Waals surface area contributed by atoms with E-state index in [0.29, 0.717) is 50.5 Å². The quantitative estimate of drug-likeness (QED) is 0.686. The number of aliphatic hydroxyl groups is 1. The molecule has 32 heavy (non-hydrogen) atoms. The first-order valence-electron chi connectivity index (χ1n) is 11.1. The van der Waals surface area contributed by atoms with Crippen LogP contribution in [0, 0.1) is 5.41 Å². The Balaban J connectivity index is 1.78. The Hall–Kier alpha value is -2.36. The van der Waals surface area contributed by atoms with E-state index in [2.05, 4.69) is 0 Å². The maximum atomic E-state index is 13.7. The highest BCUT2D eigenvalue weighted by atomic mass is 16.7. The van der Waals surface area contributed by atoms with Gasteiger partial charge < -0.3 is 33.7 Å². The number of nitrogens with zero attached hydrogens (tertiary/aromatic N) is 1. The summed E-state index contributed by atoms with van der Waals surface area (Å²) in [4.78, 5) is 28.8. The van der Waals surface area contributed by atoms with Crippen LogP contribution in [0.25, 0.3) is 0 Å². The molecule has 1 aliphatic carbocycles. The molecule has 174 valence electrons. The lowest BCUT2D eigenvalue weighted by atomic mass is 9.54. The Morgan fingerprint density at radius 1 is 1.19 bits per heavy atom. The van der Waals surface area contributed by atoms with Crippen molar-refractivity contribution in [2.75, 3.05) is 40.6 Å². The molecule has 5 rings (SSSR count). The molecule has 1 aromatic carbocycles. The van der Waals surface area contributed by atoms with Gasteiger partial charge in [-0.1, -0.05) is 0 Å². The van der Waals surface area contributed by atoms with Gasteiger partial charge in [-0.2, -0.15) is 0 Å². The lowest BCUT2D eigenvalue weighted by Gasteiger charge is -2.56. The van der Waals surface area contributed by atoms with Gasteiger partial charge in [0.05, 0.1) is 39.6 Å². The van der Waals surface area contributed by atoms with E-state index in [1.54, 1.807) is 26.0 Å². The van der Waals surface area contributed by atoms with Crippen molar-refractivity contribution < 1.29 is 38.4 Å². The first-order chi connectivity index (χ1) is 15.4. The number of hydrogen-bond donors (Lipinski definition) is 1. The first-order valence-corrected chi connectivity index (χ1v) is 11.1. The molecule has 9 nitrogen and oxygen atoms in total. The zero-order chi connectivity index (χ0) is 22.7. The van der Waals surface area contributed by atoms with E-state index in [-0.39, 0.29) is 13.0 Å². The molecule has 1 saturated carbocycles. The number of hydrogen-bond acceptors (Lipinski definition) is 8. The normalized spacial score (nSPS) is 32.3. The molecule has 0 bridgehead atoms. The molecule has 3 atom stereocenters. The fourth-order valence-corrected chi connectivity index (χ4v) is 6.42. The van der Waals surface area contributed by atoms with Crippen LogP contribution >= 0.6 is 0 Å². The van der Waals surface area contributed by atoms with E-state index in [4.69, 9.17) is 23.7 Å². The van der Waals surface area contributed by atoms with Crippen molar-refractivity contribution in [1.29, 1.82) is 0 Å². The van der Waals surface area contributed by atoms with E-state index in [1.165, 1.54) is 0 Å². The molecule has 3 aliphatic heterocycles. The number of carbonyl (C=O) groups is 2. The topological polar surface area (TPSA) is 104 Å². The average Bonchev–Trinajstić information content (AvgIpc) is 3.33. The molecule has 9 heteroatoms. The summed E-state index contributed by atoms with van der Waals surface area (Å²) >= 11 is 0. The SMILES string of the molecule is CCOC(=O)[C@@]12CC3(CC[C@@]14c1cc(OC)c(OC)cc1CCN4C(=O)[C@H]2O)OCCO3. The van der Waals surface area contributed by atoms with Crippen LogP contribution in [0.5, 0.6) is 11.5 Å². The van der Waals surface area contributed by atoms with Crippen molar-refractivity contribution in [2.45, 2.75) is 50.0 Å². The molecule has 0 unspecified atom stereocenters. The number of carbonyl (C=O) groups excluding carboxylic acids is 2. The summed E-state index contributed by atoms with van der Waals surface area (Å²) in [5.74, 6) is -1.01. The van der Waals surface area contributed by atoms with Gasteiger partial charge in [-0.3, -0.25) is 9.59 Å². The molecule has 3 heterocycles.